The van der Waals surface area contributed by atoms with Gasteiger partial charge in [0, 0.05) is 55.9 Å². The molecule has 0 radical (unpaired) electrons. The molecule has 2 N–H and O–H groups in total. The number of nitrogens with one attached hydrogen (secondary N) is 2. The maximum atomic E-state index is 11.7. The van der Waals surface area contributed by atoms with E-state index in [-0.39, 0.29) is 17.5 Å². The van der Waals surface area contributed by atoms with Gasteiger partial charge in [0.2, 0.25) is 21.9 Å². The monoisotopic (exact) mass is 445 g/mol. The number of carbonyl (C=O) groups excluding carboxylic acids is 1. The van der Waals surface area contributed by atoms with Crippen LogP contribution in [0.3, 0.4) is 0 Å². The zero-order valence-corrected chi connectivity index (χ0v) is 18.6. The average Bonchev–Trinajstić information content (AvgIpc) is 3.08. The summed E-state index contributed by atoms with van der Waals surface area (Å²) in [6.45, 7) is 4.43. The fourth-order valence-corrected chi connectivity index (χ4v) is 5.68. The molecule has 3 aliphatic rings. The van der Waals surface area contributed by atoms with Gasteiger partial charge in [0.25, 0.3) is 0 Å². The number of pyridine rings is 1. The van der Waals surface area contributed by atoms with Crippen LogP contribution in [0.25, 0.3) is 10.9 Å². The molecule has 3 saturated heterocycles. The molecule has 2 aromatic rings. The minimum atomic E-state index is -3.15. The molecular formula is C20H27N7O3S. The van der Waals surface area contributed by atoms with Gasteiger partial charge in [0.1, 0.15) is 5.52 Å². The minimum absolute atomic E-state index is 0.123. The molecule has 1 amide bonds. The summed E-state index contributed by atoms with van der Waals surface area (Å²) in [6, 6.07) is 2.10. The number of fused-ring (bicyclic) bond motifs is 1. The molecule has 2 aromatic heterocycles. The highest BCUT2D eigenvalue weighted by molar-refractivity contribution is 7.88. The van der Waals surface area contributed by atoms with E-state index < -0.39 is 10.0 Å². The Balaban J connectivity index is 1.34. The van der Waals surface area contributed by atoms with Crippen molar-refractivity contribution in [3.63, 3.8) is 0 Å². The molecule has 3 fully saturated rings. The van der Waals surface area contributed by atoms with Crippen LogP contribution in [0, 0.1) is 6.92 Å². The number of aromatic nitrogens is 3. The van der Waals surface area contributed by atoms with Gasteiger partial charge < -0.3 is 15.5 Å². The van der Waals surface area contributed by atoms with E-state index in [9.17, 15) is 13.2 Å². The van der Waals surface area contributed by atoms with E-state index in [0.29, 0.717) is 38.3 Å². The number of carbonyl (C=O) groups is 1. The Morgan fingerprint density at radius 1 is 1.23 bits per heavy atom. The van der Waals surface area contributed by atoms with Crippen molar-refractivity contribution in [2.24, 2.45) is 0 Å². The van der Waals surface area contributed by atoms with Gasteiger partial charge in [-0.3, -0.25) is 4.79 Å². The highest BCUT2D eigenvalue weighted by Crippen LogP contribution is 2.36. The lowest BCUT2D eigenvalue weighted by atomic mass is 9.88. The van der Waals surface area contributed by atoms with Crippen molar-refractivity contribution in [1.82, 2.24) is 24.6 Å². The van der Waals surface area contributed by atoms with E-state index in [2.05, 4.69) is 20.5 Å². The minimum Gasteiger partial charge on any atom is -0.351 e. The van der Waals surface area contributed by atoms with Gasteiger partial charge in [0.15, 0.2) is 5.82 Å². The predicted octanol–water partition coefficient (Wildman–Crippen LogP) is 0.638. The largest absolute Gasteiger partial charge is 0.351 e. The van der Waals surface area contributed by atoms with E-state index in [1.165, 1.54) is 10.6 Å². The Bertz CT molecular complexity index is 1140. The quantitative estimate of drug-likeness (QED) is 0.703. The van der Waals surface area contributed by atoms with Gasteiger partial charge in [-0.25, -0.2) is 27.7 Å². The molecular weight excluding hydrogens is 418 g/mol. The zero-order chi connectivity index (χ0) is 21.8. The van der Waals surface area contributed by atoms with E-state index in [0.717, 1.165) is 41.9 Å². The third-order valence-corrected chi connectivity index (χ3v) is 7.76. The first-order valence-electron chi connectivity index (χ1n) is 10.6. The molecule has 31 heavy (non-hydrogen) atoms. The van der Waals surface area contributed by atoms with Gasteiger partial charge >= 0.3 is 0 Å². The van der Waals surface area contributed by atoms with Crippen molar-refractivity contribution in [3.05, 3.63) is 18.0 Å². The van der Waals surface area contributed by atoms with Crippen molar-refractivity contribution in [2.75, 3.05) is 42.7 Å². The SMILES string of the molecule is Cc1cc2cnc(NC3CCN(S(C)(=O)=O)CC3)nc2c(N2CC3(CCC(=O)N3)C2)n1. The molecule has 5 heterocycles. The summed E-state index contributed by atoms with van der Waals surface area (Å²) in [6.07, 6.45) is 5.93. The van der Waals surface area contributed by atoms with Crippen molar-refractivity contribution in [3.8, 4) is 0 Å². The number of aryl methyl sites for hydroxylation is 1. The number of rotatable bonds is 4. The van der Waals surface area contributed by atoms with Gasteiger partial charge in [-0.2, -0.15) is 0 Å². The highest BCUT2D eigenvalue weighted by Gasteiger charge is 2.48. The molecule has 10 nitrogen and oxygen atoms in total. The maximum Gasteiger partial charge on any atom is 0.223 e. The summed E-state index contributed by atoms with van der Waals surface area (Å²) >= 11 is 0. The fourth-order valence-electron chi connectivity index (χ4n) is 4.80. The number of sulfonamides is 1. The van der Waals surface area contributed by atoms with Crippen LogP contribution in [0.5, 0.6) is 0 Å². The molecule has 11 heteroatoms. The molecule has 166 valence electrons. The first-order chi connectivity index (χ1) is 14.7. The standard InChI is InChI=1S/C20H27N7O3S/c1-13-9-14-10-21-19(23-15-4-7-27(8-5-15)31(2,29)30)24-17(14)18(22-13)26-11-20(12-26)6-3-16(28)25-20/h9-10,15H,3-8,11-12H2,1-2H3,(H,25,28)(H,21,23,24). The van der Waals surface area contributed by atoms with Crippen molar-refractivity contribution >= 4 is 38.6 Å². The van der Waals surface area contributed by atoms with Gasteiger partial charge in [-0.1, -0.05) is 0 Å². The van der Waals surface area contributed by atoms with Crippen molar-refractivity contribution in [1.29, 1.82) is 0 Å². The second-order valence-corrected chi connectivity index (χ2v) is 11.0. The number of nitrogens with zero attached hydrogens (tertiary/aromatic N) is 5. The third-order valence-electron chi connectivity index (χ3n) is 6.45. The van der Waals surface area contributed by atoms with Crippen LogP contribution in [0.4, 0.5) is 11.8 Å². The summed E-state index contributed by atoms with van der Waals surface area (Å²) in [4.78, 5) is 27.8. The van der Waals surface area contributed by atoms with E-state index in [4.69, 9.17) is 9.97 Å². The average molecular weight is 446 g/mol. The molecule has 0 unspecified atom stereocenters. The molecule has 3 aliphatic heterocycles. The van der Waals surface area contributed by atoms with Gasteiger partial charge in [0.05, 0.1) is 11.8 Å². The number of anilines is 2. The number of hydrogen-bond donors (Lipinski definition) is 2. The van der Waals surface area contributed by atoms with Crippen LogP contribution in [0.15, 0.2) is 12.3 Å². The predicted molar refractivity (Wildman–Crippen MR) is 117 cm³/mol. The van der Waals surface area contributed by atoms with E-state index >= 15 is 0 Å². The second kappa shape index (κ2) is 7.27. The molecule has 0 bridgehead atoms. The van der Waals surface area contributed by atoms with Crippen LogP contribution < -0.4 is 15.5 Å². The molecule has 0 aromatic carbocycles. The number of amides is 1. The van der Waals surface area contributed by atoms with Crippen LogP contribution in [-0.2, 0) is 14.8 Å². The first-order valence-corrected chi connectivity index (χ1v) is 12.5. The van der Waals surface area contributed by atoms with Gasteiger partial charge in [-0.15, -0.1) is 0 Å². The lowest BCUT2D eigenvalue weighted by molar-refractivity contribution is -0.119. The Morgan fingerprint density at radius 3 is 2.61 bits per heavy atom. The summed E-state index contributed by atoms with van der Waals surface area (Å²) < 4.78 is 24.9. The van der Waals surface area contributed by atoms with Crippen LogP contribution >= 0.6 is 0 Å². The summed E-state index contributed by atoms with van der Waals surface area (Å²) in [5, 5.41) is 7.40. The smallest absolute Gasteiger partial charge is 0.223 e. The normalized spacial score (nSPS) is 22.0. The Morgan fingerprint density at radius 2 is 1.97 bits per heavy atom. The highest BCUT2D eigenvalue weighted by atomic mass is 32.2. The summed E-state index contributed by atoms with van der Waals surface area (Å²) in [7, 11) is -3.15. The topological polar surface area (TPSA) is 120 Å². The third kappa shape index (κ3) is 3.91. The number of piperidine rings is 1. The van der Waals surface area contributed by atoms with E-state index in [1.807, 2.05) is 13.0 Å². The molecule has 5 rings (SSSR count). The number of hydrogen-bond acceptors (Lipinski definition) is 8. The molecule has 0 atom stereocenters. The van der Waals surface area contributed by atoms with Crippen LogP contribution in [0.2, 0.25) is 0 Å². The lowest BCUT2D eigenvalue weighted by Gasteiger charge is -2.48. The lowest BCUT2D eigenvalue weighted by Crippen LogP contribution is -2.67. The van der Waals surface area contributed by atoms with Crippen molar-refractivity contribution in [2.45, 2.75) is 44.2 Å². The maximum absolute atomic E-state index is 11.7. The molecule has 1 spiro atoms. The summed E-state index contributed by atoms with van der Waals surface area (Å²) in [5.74, 6) is 1.47. The fraction of sp³-hybridized carbons (Fsp3) is 0.600. The second-order valence-electron chi connectivity index (χ2n) is 8.98. The van der Waals surface area contributed by atoms with Crippen molar-refractivity contribution < 1.29 is 13.2 Å². The van der Waals surface area contributed by atoms with Gasteiger partial charge in [-0.05, 0) is 32.3 Å². The first kappa shape index (κ1) is 20.4. The zero-order valence-electron chi connectivity index (χ0n) is 17.8. The Kier molecular flexibility index (Phi) is 4.78. The Labute approximate surface area is 181 Å². The van der Waals surface area contributed by atoms with Crippen LogP contribution in [0.1, 0.15) is 31.4 Å². The molecule has 0 aliphatic carbocycles. The Hall–Kier alpha value is -2.53. The summed E-state index contributed by atoms with van der Waals surface area (Å²) in [5.41, 5.74) is 1.56. The molecule has 0 saturated carbocycles. The van der Waals surface area contributed by atoms with E-state index in [1.54, 1.807) is 6.20 Å². The van der Waals surface area contributed by atoms with Crippen LogP contribution in [-0.4, -0.2) is 77.6 Å².